The number of carbonyl (C=O) groups is 1. The molecule has 1 saturated heterocycles. The van der Waals surface area contributed by atoms with E-state index in [1.54, 1.807) is 13.0 Å². The summed E-state index contributed by atoms with van der Waals surface area (Å²) in [7, 11) is 0. The highest BCUT2D eigenvalue weighted by Gasteiger charge is 2.25. The van der Waals surface area contributed by atoms with Gasteiger partial charge in [-0.3, -0.25) is 4.79 Å². The van der Waals surface area contributed by atoms with E-state index in [0.29, 0.717) is 12.3 Å². The van der Waals surface area contributed by atoms with Crippen LogP contribution in [0.1, 0.15) is 48.2 Å². The van der Waals surface area contributed by atoms with Crippen molar-refractivity contribution in [3.05, 3.63) is 40.4 Å². The second-order valence-corrected chi connectivity index (χ2v) is 7.33. The molecule has 0 bridgehead atoms. The van der Waals surface area contributed by atoms with E-state index in [1.807, 2.05) is 0 Å². The minimum atomic E-state index is -0.536. The summed E-state index contributed by atoms with van der Waals surface area (Å²) in [4.78, 5) is 15.1. The lowest BCUT2D eigenvalue weighted by atomic mass is 10.0. The van der Waals surface area contributed by atoms with Crippen molar-refractivity contribution in [3.63, 3.8) is 0 Å². The molecule has 0 spiro atoms. The van der Waals surface area contributed by atoms with Gasteiger partial charge >= 0.3 is 0 Å². The molecule has 1 aromatic carbocycles. The van der Waals surface area contributed by atoms with E-state index >= 15 is 0 Å². The zero-order chi connectivity index (χ0) is 19.2. The third-order valence-corrected chi connectivity index (χ3v) is 5.24. The molecular weight excluding hydrogens is 369 g/mol. The van der Waals surface area contributed by atoms with E-state index in [2.05, 4.69) is 15.4 Å². The maximum absolute atomic E-state index is 14.2. The van der Waals surface area contributed by atoms with Gasteiger partial charge in [0.2, 0.25) is 0 Å². The number of aromatic nitrogens is 1. The molecule has 0 saturated carbocycles. The fourth-order valence-corrected chi connectivity index (χ4v) is 3.74. The van der Waals surface area contributed by atoms with Crippen LogP contribution in [0.15, 0.2) is 22.7 Å². The van der Waals surface area contributed by atoms with E-state index in [-0.39, 0.29) is 27.8 Å². The van der Waals surface area contributed by atoms with Gasteiger partial charge in [0.15, 0.2) is 0 Å². The number of likely N-dealkylation sites (tertiary alicyclic amines) is 1. The number of nitrogens with zero attached hydrogens (tertiary/aromatic N) is 2. The van der Waals surface area contributed by atoms with Crippen molar-refractivity contribution in [1.29, 1.82) is 0 Å². The summed E-state index contributed by atoms with van der Waals surface area (Å²) in [6, 6.07) is 4.36. The van der Waals surface area contributed by atoms with Crippen molar-refractivity contribution in [2.45, 2.75) is 39.0 Å². The minimum Gasteiger partial charge on any atom is -0.360 e. The largest absolute Gasteiger partial charge is 0.360 e. The van der Waals surface area contributed by atoms with Crippen LogP contribution in [0.4, 0.5) is 4.39 Å². The summed E-state index contributed by atoms with van der Waals surface area (Å²) >= 11 is 6.12. The highest BCUT2D eigenvalue weighted by molar-refractivity contribution is 6.33. The highest BCUT2D eigenvalue weighted by Crippen LogP contribution is 2.33. The highest BCUT2D eigenvalue weighted by atomic mass is 35.5. The molecule has 7 heteroatoms. The Balaban J connectivity index is 1.63. The first-order valence-electron chi connectivity index (χ1n) is 9.49. The number of amides is 1. The number of benzene rings is 1. The van der Waals surface area contributed by atoms with Gasteiger partial charge in [-0.1, -0.05) is 35.7 Å². The second kappa shape index (κ2) is 9.33. The van der Waals surface area contributed by atoms with Gasteiger partial charge in [-0.15, -0.1) is 0 Å². The zero-order valence-corrected chi connectivity index (χ0v) is 16.3. The average Bonchev–Trinajstić information content (AvgIpc) is 2.84. The van der Waals surface area contributed by atoms with E-state index in [1.165, 1.54) is 37.8 Å². The maximum atomic E-state index is 14.2. The molecule has 0 unspecified atom stereocenters. The molecule has 0 atom stereocenters. The first-order valence-corrected chi connectivity index (χ1v) is 9.87. The van der Waals surface area contributed by atoms with Crippen LogP contribution >= 0.6 is 11.6 Å². The molecule has 5 nitrogen and oxygen atoms in total. The van der Waals surface area contributed by atoms with Crippen molar-refractivity contribution in [3.8, 4) is 11.3 Å². The lowest BCUT2D eigenvalue weighted by molar-refractivity contribution is 0.0950. The van der Waals surface area contributed by atoms with Crippen LogP contribution in [-0.4, -0.2) is 42.1 Å². The van der Waals surface area contributed by atoms with Crippen LogP contribution in [-0.2, 0) is 0 Å². The Morgan fingerprint density at radius 1 is 1.30 bits per heavy atom. The Kier molecular flexibility index (Phi) is 6.85. The molecule has 1 aliphatic rings. The smallest absolute Gasteiger partial charge is 0.257 e. The van der Waals surface area contributed by atoms with Crippen molar-refractivity contribution < 1.29 is 13.7 Å². The van der Waals surface area contributed by atoms with Crippen LogP contribution in [0.5, 0.6) is 0 Å². The van der Waals surface area contributed by atoms with E-state index in [9.17, 15) is 9.18 Å². The molecule has 146 valence electrons. The molecule has 3 rings (SSSR count). The number of aryl methyl sites for hydroxylation is 1. The predicted octanol–water partition coefficient (Wildman–Crippen LogP) is 4.44. The number of hydrogen-bond acceptors (Lipinski definition) is 4. The van der Waals surface area contributed by atoms with Gasteiger partial charge in [0.25, 0.3) is 5.91 Å². The molecule has 1 amide bonds. The molecule has 2 heterocycles. The van der Waals surface area contributed by atoms with E-state index in [4.69, 9.17) is 16.1 Å². The summed E-state index contributed by atoms with van der Waals surface area (Å²) in [6.07, 6.45) is 5.98. The van der Waals surface area contributed by atoms with Gasteiger partial charge in [0.1, 0.15) is 22.8 Å². The average molecular weight is 394 g/mol. The van der Waals surface area contributed by atoms with Gasteiger partial charge < -0.3 is 14.7 Å². The van der Waals surface area contributed by atoms with Crippen LogP contribution < -0.4 is 5.32 Å². The Labute approximate surface area is 163 Å². The zero-order valence-electron chi connectivity index (χ0n) is 15.6. The molecule has 1 aromatic heterocycles. The fraction of sp³-hybridized carbons (Fsp3) is 0.500. The van der Waals surface area contributed by atoms with E-state index < -0.39 is 5.82 Å². The number of rotatable bonds is 6. The molecule has 2 aromatic rings. The Morgan fingerprint density at radius 2 is 2.04 bits per heavy atom. The number of carbonyl (C=O) groups excluding carboxylic acids is 1. The molecule has 1 N–H and O–H groups in total. The summed E-state index contributed by atoms with van der Waals surface area (Å²) in [6.45, 7) is 5.42. The lowest BCUT2D eigenvalue weighted by Crippen LogP contribution is -2.31. The summed E-state index contributed by atoms with van der Waals surface area (Å²) in [5.74, 6) is -0.515. The van der Waals surface area contributed by atoms with Gasteiger partial charge in [-0.2, -0.15) is 0 Å². The van der Waals surface area contributed by atoms with E-state index in [0.717, 1.165) is 26.1 Å². The van der Waals surface area contributed by atoms with Crippen LogP contribution in [0.2, 0.25) is 5.02 Å². The topological polar surface area (TPSA) is 58.4 Å². The normalized spacial score (nSPS) is 15.5. The first kappa shape index (κ1) is 19.8. The van der Waals surface area contributed by atoms with Gasteiger partial charge in [0.05, 0.1) is 10.6 Å². The molecule has 1 fully saturated rings. The third kappa shape index (κ3) is 4.87. The van der Waals surface area contributed by atoms with Crippen LogP contribution in [0.25, 0.3) is 11.3 Å². The van der Waals surface area contributed by atoms with Gasteiger partial charge in [0, 0.05) is 6.54 Å². The molecule has 27 heavy (non-hydrogen) atoms. The quantitative estimate of drug-likeness (QED) is 0.737. The summed E-state index contributed by atoms with van der Waals surface area (Å²) in [5.41, 5.74) is 0.461. The Hall–Kier alpha value is -1.92. The Morgan fingerprint density at radius 3 is 2.74 bits per heavy atom. The number of halogens is 2. The molecule has 0 radical (unpaired) electrons. The van der Waals surface area contributed by atoms with Crippen LogP contribution in [0, 0.1) is 12.7 Å². The summed E-state index contributed by atoms with van der Waals surface area (Å²) in [5, 5.41) is 6.96. The third-order valence-electron chi connectivity index (χ3n) is 4.92. The molecule has 0 aliphatic carbocycles. The lowest BCUT2D eigenvalue weighted by Gasteiger charge is -2.19. The van der Waals surface area contributed by atoms with Gasteiger partial charge in [-0.25, -0.2) is 4.39 Å². The molecular formula is C20H25ClFN3O2. The fourth-order valence-electron chi connectivity index (χ4n) is 3.49. The standard InChI is InChI=1S/C20H25ClFN3O2/c1-14-17(19(24-27-14)18-15(21)8-6-9-16(18)22)20(26)23-10-7-13-25-11-4-2-3-5-12-25/h6,8-9H,2-5,7,10-13H2,1H3,(H,23,26). The predicted molar refractivity (Wildman–Crippen MR) is 104 cm³/mol. The van der Waals surface area contributed by atoms with Gasteiger partial charge in [-0.05, 0) is 58.0 Å². The Bertz CT molecular complexity index is 765. The van der Waals surface area contributed by atoms with Crippen molar-refractivity contribution in [2.75, 3.05) is 26.2 Å². The summed E-state index contributed by atoms with van der Waals surface area (Å²) < 4.78 is 19.4. The van der Waals surface area contributed by atoms with Crippen molar-refractivity contribution in [2.24, 2.45) is 0 Å². The van der Waals surface area contributed by atoms with Crippen molar-refractivity contribution >= 4 is 17.5 Å². The second-order valence-electron chi connectivity index (χ2n) is 6.92. The monoisotopic (exact) mass is 393 g/mol. The molecule has 1 aliphatic heterocycles. The number of hydrogen-bond donors (Lipinski definition) is 1. The van der Waals surface area contributed by atoms with Crippen molar-refractivity contribution in [1.82, 2.24) is 15.4 Å². The SMILES string of the molecule is Cc1onc(-c2c(F)cccc2Cl)c1C(=O)NCCCN1CCCCCC1. The first-order chi connectivity index (χ1) is 13.1. The minimum absolute atomic E-state index is 0.0886. The van der Waals surface area contributed by atoms with Crippen LogP contribution in [0.3, 0.4) is 0 Å². The maximum Gasteiger partial charge on any atom is 0.257 e. The number of nitrogens with one attached hydrogen (secondary N) is 1.